The van der Waals surface area contributed by atoms with Gasteiger partial charge in [-0.2, -0.15) is 0 Å². The first-order valence-electron chi connectivity index (χ1n) is 7.36. The largest absolute Gasteiger partial charge is 0.508 e. The van der Waals surface area contributed by atoms with Crippen molar-refractivity contribution in [2.75, 3.05) is 4.72 Å². The molecule has 7 nitrogen and oxygen atoms in total. The van der Waals surface area contributed by atoms with Crippen LogP contribution in [0.25, 0.3) is 11.1 Å². The summed E-state index contributed by atoms with van der Waals surface area (Å²) in [5, 5.41) is 20.4. The van der Waals surface area contributed by atoms with Gasteiger partial charge in [-0.05, 0) is 35.9 Å². The smallest absolute Gasteiger partial charge is 0.297 e. The molecule has 0 unspecified atom stereocenters. The Hall–Kier alpha value is -3.57. The molecule has 0 aliphatic carbocycles. The number of aromatic hydroxyl groups is 1. The van der Waals surface area contributed by atoms with Crippen LogP contribution in [0.4, 0.5) is 11.4 Å². The van der Waals surface area contributed by atoms with Crippen LogP contribution in [0.1, 0.15) is 0 Å². The molecule has 26 heavy (non-hydrogen) atoms. The SMILES string of the molecule is O=[N+]([O-])c1cc(O)ccc1NS(=O)(=O)c1c#cc(-c2ccccc2)cc1. The van der Waals surface area contributed by atoms with E-state index in [-0.39, 0.29) is 16.3 Å². The molecule has 0 saturated carbocycles. The van der Waals surface area contributed by atoms with Gasteiger partial charge >= 0.3 is 0 Å². The summed E-state index contributed by atoms with van der Waals surface area (Å²) in [5.41, 5.74) is 0.710. The molecule has 0 radical (unpaired) electrons. The molecule has 0 aliphatic rings. The molecule has 0 aromatic heterocycles. The number of sulfonamides is 1. The lowest BCUT2D eigenvalue weighted by Crippen LogP contribution is -2.13. The molecule has 0 heterocycles. The van der Waals surface area contributed by atoms with Crippen molar-refractivity contribution in [3.05, 3.63) is 82.9 Å². The molecule has 0 fully saturated rings. The third-order valence-corrected chi connectivity index (χ3v) is 4.82. The van der Waals surface area contributed by atoms with Crippen LogP contribution in [0.5, 0.6) is 5.75 Å². The van der Waals surface area contributed by atoms with Gasteiger partial charge in [0.2, 0.25) is 0 Å². The van der Waals surface area contributed by atoms with Crippen LogP contribution in [0.2, 0.25) is 0 Å². The Labute approximate surface area is 149 Å². The Morgan fingerprint density at radius 3 is 2.35 bits per heavy atom. The summed E-state index contributed by atoms with van der Waals surface area (Å²) in [6.07, 6.45) is 0. The highest BCUT2D eigenvalue weighted by molar-refractivity contribution is 7.92. The predicted molar refractivity (Wildman–Crippen MR) is 95.1 cm³/mol. The van der Waals surface area contributed by atoms with E-state index in [1.807, 2.05) is 30.3 Å². The maximum Gasteiger partial charge on any atom is 0.297 e. The summed E-state index contributed by atoms with van der Waals surface area (Å²) < 4.78 is 27.1. The van der Waals surface area contributed by atoms with Crippen LogP contribution < -0.4 is 4.72 Å². The van der Waals surface area contributed by atoms with Crippen LogP contribution in [-0.2, 0) is 10.0 Å². The van der Waals surface area contributed by atoms with Crippen molar-refractivity contribution < 1.29 is 18.4 Å². The molecule has 0 spiro atoms. The van der Waals surface area contributed by atoms with E-state index in [2.05, 4.69) is 16.9 Å². The molecule has 3 aromatic carbocycles. The molecule has 130 valence electrons. The third kappa shape index (κ3) is 3.58. The summed E-state index contributed by atoms with van der Waals surface area (Å²) in [6.45, 7) is 0. The summed E-state index contributed by atoms with van der Waals surface area (Å²) >= 11 is 0. The molecule has 0 atom stereocenters. The Kier molecular flexibility index (Phi) is 4.47. The summed E-state index contributed by atoms with van der Waals surface area (Å²) in [7, 11) is -4.10. The average molecular weight is 368 g/mol. The lowest BCUT2D eigenvalue weighted by molar-refractivity contribution is -0.384. The van der Waals surface area contributed by atoms with Crippen LogP contribution in [0.3, 0.4) is 0 Å². The number of anilines is 1. The van der Waals surface area contributed by atoms with E-state index in [0.29, 0.717) is 5.56 Å². The van der Waals surface area contributed by atoms with Gasteiger partial charge < -0.3 is 5.11 Å². The first kappa shape index (κ1) is 17.3. The molecule has 3 aromatic rings. The van der Waals surface area contributed by atoms with Crippen molar-refractivity contribution in [1.29, 1.82) is 0 Å². The minimum absolute atomic E-state index is 0.209. The molecule has 0 bridgehead atoms. The summed E-state index contributed by atoms with van der Waals surface area (Å²) in [5.74, 6) is -0.341. The van der Waals surface area contributed by atoms with Gasteiger partial charge in [-0.25, -0.2) is 8.42 Å². The fourth-order valence-electron chi connectivity index (χ4n) is 2.27. The van der Waals surface area contributed by atoms with Crippen molar-refractivity contribution in [2.45, 2.75) is 4.90 Å². The van der Waals surface area contributed by atoms with E-state index < -0.39 is 20.6 Å². The number of benzene rings is 2. The molecule has 2 N–H and O–H groups in total. The maximum atomic E-state index is 12.5. The summed E-state index contributed by atoms with van der Waals surface area (Å²) in [4.78, 5) is 10.0. The first-order chi connectivity index (χ1) is 12.4. The van der Waals surface area contributed by atoms with Crippen molar-refractivity contribution in [1.82, 2.24) is 0 Å². The van der Waals surface area contributed by atoms with Crippen molar-refractivity contribution in [3.63, 3.8) is 0 Å². The van der Waals surface area contributed by atoms with Crippen molar-refractivity contribution in [2.24, 2.45) is 0 Å². The molecule has 8 heteroatoms. The number of rotatable bonds is 5. The van der Waals surface area contributed by atoms with Crippen LogP contribution >= 0.6 is 0 Å². The normalized spacial score (nSPS) is 10.8. The zero-order valence-electron chi connectivity index (χ0n) is 13.2. The quantitative estimate of drug-likeness (QED) is 0.408. The Morgan fingerprint density at radius 2 is 1.73 bits per heavy atom. The Balaban J connectivity index is 1.91. The van der Waals surface area contributed by atoms with Gasteiger partial charge in [-0.3, -0.25) is 14.8 Å². The van der Waals surface area contributed by atoms with Gasteiger partial charge in [0.25, 0.3) is 15.7 Å². The number of nitro benzene ring substituents is 1. The zero-order valence-corrected chi connectivity index (χ0v) is 14.0. The number of hydrogen-bond donors (Lipinski definition) is 2. The van der Waals surface area contributed by atoms with Gasteiger partial charge in [0.15, 0.2) is 0 Å². The fraction of sp³-hybridized carbons (Fsp3) is 0. The second-order valence-corrected chi connectivity index (χ2v) is 6.94. The van der Waals surface area contributed by atoms with Crippen LogP contribution in [0.15, 0.2) is 65.6 Å². The third-order valence-electron chi connectivity index (χ3n) is 3.52. The predicted octanol–water partition coefficient (Wildman–Crippen LogP) is 3.37. The molecular weight excluding hydrogens is 356 g/mol. The second-order valence-electron chi connectivity index (χ2n) is 5.29. The zero-order chi connectivity index (χ0) is 18.7. The number of hydrogen-bond acceptors (Lipinski definition) is 5. The molecule has 0 amide bonds. The lowest BCUT2D eigenvalue weighted by Gasteiger charge is -2.08. The lowest BCUT2D eigenvalue weighted by atomic mass is 10.1. The van der Waals surface area contributed by atoms with E-state index in [9.17, 15) is 23.6 Å². The van der Waals surface area contributed by atoms with Gasteiger partial charge in [-0.15, -0.1) is 0 Å². The average Bonchev–Trinajstić information content (AvgIpc) is 2.64. The monoisotopic (exact) mass is 368 g/mol. The van der Waals surface area contributed by atoms with Gasteiger partial charge in [0, 0.05) is 5.56 Å². The summed E-state index contributed by atoms with van der Waals surface area (Å²) in [6, 6.07) is 20.6. The van der Waals surface area contributed by atoms with E-state index in [1.54, 1.807) is 6.07 Å². The van der Waals surface area contributed by atoms with Crippen molar-refractivity contribution in [3.8, 4) is 16.9 Å². The van der Waals surface area contributed by atoms with Gasteiger partial charge in [0.1, 0.15) is 16.3 Å². The highest BCUT2D eigenvalue weighted by Gasteiger charge is 2.21. The first-order valence-corrected chi connectivity index (χ1v) is 8.85. The number of phenolic OH excluding ortho intramolecular Hbond substituents is 1. The molecule has 3 rings (SSSR count). The minimum atomic E-state index is -4.10. The van der Waals surface area contributed by atoms with E-state index in [1.165, 1.54) is 6.07 Å². The van der Waals surface area contributed by atoms with Crippen LogP contribution in [-0.4, -0.2) is 18.4 Å². The van der Waals surface area contributed by atoms with E-state index in [0.717, 1.165) is 23.8 Å². The van der Waals surface area contributed by atoms with Crippen molar-refractivity contribution >= 4 is 21.4 Å². The Bertz CT molecular complexity index is 1050. The Morgan fingerprint density at radius 1 is 1.00 bits per heavy atom. The fourth-order valence-corrected chi connectivity index (χ4v) is 3.28. The number of nitro groups is 1. The number of nitrogens with zero attached hydrogens (tertiary/aromatic N) is 1. The number of nitrogens with one attached hydrogen (secondary N) is 1. The molecular formula is C18H12N2O5S. The minimum Gasteiger partial charge on any atom is -0.508 e. The highest BCUT2D eigenvalue weighted by atomic mass is 32.2. The van der Waals surface area contributed by atoms with Crippen LogP contribution in [0, 0.1) is 22.2 Å². The topological polar surface area (TPSA) is 110 Å². The van der Waals surface area contributed by atoms with E-state index >= 15 is 0 Å². The number of phenols is 1. The van der Waals surface area contributed by atoms with Gasteiger partial charge in [0.05, 0.1) is 11.0 Å². The highest BCUT2D eigenvalue weighted by Crippen LogP contribution is 2.30. The maximum absolute atomic E-state index is 12.5. The van der Waals surface area contributed by atoms with E-state index in [4.69, 9.17) is 0 Å². The molecule has 0 aliphatic heterocycles. The second kappa shape index (κ2) is 6.74. The standard InChI is InChI=1S/C18H12N2O5S/c21-15-8-11-17(18(12-15)20(22)23)19-26(24,25)16-9-6-14(7-10-16)13-4-2-1-3-5-13/h1-6,8-9,11-12,19,21H. The molecule has 0 saturated heterocycles. The van der Waals surface area contributed by atoms with Gasteiger partial charge in [-0.1, -0.05) is 36.4 Å².